The fourth-order valence-electron chi connectivity index (χ4n) is 10.5. The largest absolute Gasteiger partial charge is 0.147 e. The molecule has 0 atom stereocenters. The number of fused-ring (bicyclic) bond motifs is 6. The fourth-order valence-corrected chi connectivity index (χ4v) is 14.8. The van der Waals surface area contributed by atoms with E-state index in [1.165, 1.54) is 82.6 Å². The van der Waals surface area contributed by atoms with Crippen LogP contribution in [0.5, 0.6) is 0 Å². The molecule has 1 aliphatic heterocycles. The van der Waals surface area contributed by atoms with Crippen LogP contribution in [0.4, 0.5) is 0 Å². The summed E-state index contributed by atoms with van der Waals surface area (Å²) in [5.41, 5.74) is 12.8. The van der Waals surface area contributed by atoms with Gasteiger partial charge >= 0.3 is 0 Å². The van der Waals surface area contributed by atoms with Gasteiger partial charge in [0.2, 0.25) is 0 Å². The van der Waals surface area contributed by atoms with Gasteiger partial charge in [0.15, 0.2) is 0 Å². The molecular weight excluding hydrogens is 424 g/mol. The van der Waals surface area contributed by atoms with E-state index in [1.807, 2.05) is 27.5 Å². The first kappa shape index (κ1) is 20.8. The van der Waals surface area contributed by atoms with Crippen molar-refractivity contribution < 1.29 is 0 Å². The molecule has 6 bridgehead atoms. The lowest BCUT2D eigenvalue weighted by molar-refractivity contribution is 0.260. The van der Waals surface area contributed by atoms with Crippen molar-refractivity contribution in [3.05, 3.63) is 61.5 Å². The summed E-state index contributed by atoms with van der Waals surface area (Å²) in [6.07, 6.45) is 18.0. The second kappa shape index (κ2) is 7.34. The molecule has 3 saturated carbocycles. The smallest absolute Gasteiger partial charge is 0.0661 e. The van der Waals surface area contributed by atoms with E-state index in [0.29, 0.717) is 0 Å². The van der Waals surface area contributed by atoms with E-state index in [4.69, 9.17) is 0 Å². The van der Waals surface area contributed by atoms with Crippen molar-refractivity contribution >= 4 is 14.0 Å². The maximum Gasteiger partial charge on any atom is 0.147 e. The van der Waals surface area contributed by atoms with Crippen LogP contribution in [0.1, 0.15) is 93.7 Å². The predicted molar refractivity (Wildman–Crippen MR) is 143 cm³/mol. The van der Waals surface area contributed by atoms with Gasteiger partial charge in [0.25, 0.3) is 0 Å². The number of allylic oxidation sites excluding steroid dienone is 6. The molecule has 0 N–H and O–H groups in total. The van der Waals surface area contributed by atoms with Crippen molar-refractivity contribution in [2.75, 3.05) is 0 Å². The quantitative estimate of drug-likeness (QED) is 0.372. The van der Waals surface area contributed by atoms with Crippen LogP contribution >= 0.6 is 0 Å². The van der Waals surface area contributed by atoms with Crippen molar-refractivity contribution in [2.45, 2.75) is 97.8 Å². The Labute approximate surface area is 208 Å². The minimum atomic E-state index is -0.853. The van der Waals surface area contributed by atoms with Gasteiger partial charge in [-0.05, 0) is 161 Å². The van der Waals surface area contributed by atoms with Gasteiger partial charge < -0.3 is 0 Å². The summed E-state index contributed by atoms with van der Waals surface area (Å²) in [6.45, 7) is 7.25. The highest BCUT2D eigenvalue weighted by Gasteiger charge is 2.53. The Morgan fingerprint density at radius 3 is 1.18 bits per heavy atom. The van der Waals surface area contributed by atoms with Crippen molar-refractivity contribution in [1.82, 2.24) is 0 Å². The normalized spacial score (nSPS) is 38.3. The Balaban J connectivity index is 1.50. The molecule has 0 aromatic heterocycles. The Bertz CT molecular complexity index is 1080. The lowest BCUT2D eigenvalue weighted by atomic mass is 9.56. The molecule has 0 spiro atoms. The molecule has 9 aliphatic carbocycles. The molecule has 3 fully saturated rings. The van der Waals surface area contributed by atoms with Gasteiger partial charge in [0.1, 0.15) is 8.80 Å². The van der Waals surface area contributed by atoms with Gasteiger partial charge in [-0.2, -0.15) is 0 Å². The van der Waals surface area contributed by atoms with E-state index in [2.05, 4.69) is 43.3 Å². The average Bonchev–Trinajstić information content (AvgIpc) is 3.03. The van der Waals surface area contributed by atoms with Crippen molar-refractivity contribution in [2.24, 2.45) is 35.5 Å². The highest BCUT2D eigenvalue weighted by atomic mass is 28.3. The van der Waals surface area contributed by atoms with E-state index in [9.17, 15) is 0 Å². The summed E-state index contributed by atoms with van der Waals surface area (Å²) in [4.78, 5) is 0. The van der Waals surface area contributed by atoms with Crippen LogP contribution in [0.3, 0.4) is 0 Å². The number of aryl methyl sites for hydroxylation is 3. The predicted octanol–water partition coefficient (Wildman–Crippen LogP) is 7.76. The second-order valence-corrected chi connectivity index (χ2v) is 15.6. The summed E-state index contributed by atoms with van der Waals surface area (Å²) >= 11 is 0. The molecule has 10 aliphatic rings. The fraction of sp³-hybridized carbons (Fsp3) is 0.636. The average molecular weight is 466 g/mol. The minimum Gasteiger partial charge on any atom is -0.0661 e. The zero-order chi connectivity index (χ0) is 22.7. The van der Waals surface area contributed by atoms with E-state index in [0.717, 1.165) is 35.5 Å². The molecule has 1 heteroatoms. The van der Waals surface area contributed by atoms with Crippen LogP contribution in [0.15, 0.2) is 44.8 Å². The maximum absolute atomic E-state index is 2.53. The van der Waals surface area contributed by atoms with E-state index < -0.39 is 8.80 Å². The molecule has 177 valence electrons. The molecule has 1 heterocycles. The van der Waals surface area contributed by atoms with Crippen molar-refractivity contribution in [3.8, 4) is 0 Å². The third-order valence-electron chi connectivity index (χ3n) is 11.5. The molecule has 0 unspecified atom stereocenters. The number of benzene rings is 1. The number of hydrogen-bond acceptors (Lipinski definition) is 0. The summed E-state index contributed by atoms with van der Waals surface area (Å²) in [7, 11) is -0.853. The van der Waals surface area contributed by atoms with Gasteiger partial charge in [0.05, 0.1) is 0 Å². The lowest BCUT2D eigenvalue weighted by Crippen LogP contribution is -2.48. The van der Waals surface area contributed by atoms with Gasteiger partial charge in [-0.15, -0.1) is 0 Å². The van der Waals surface area contributed by atoms with Crippen LogP contribution in [-0.4, -0.2) is 8.80 Å². The van der Waals surface area contributed by atoms with Crippen molar-refractivity contribution in [1.29, 1.82) is 0 Å². The number of hydrogen-bond donors (Lipinski definition) is 0. The van der Waals surface area contributed by atoms with Gasteiger partial charge in [0, 0.05) is 0 Å². The molecule has 34 heavy (non-hydrogen) atoms. The standard InChI is InChI=1S/C33H41Si/c1-18-16-19(2)31(20(3)17-18)34-32-25-12-8-23(9-13-25)29(32)27-21-4-5-22(7-6-21)28(27)30-24-10-14-26(15-11-24)33(30)34/h16-17,21-26H,4-15H2,1-3H3. The molecular formula is C33H41Si. The first-order chi connectivity index (χ1) is 16.6. The SMILES string of the molecule is Cc1cc(C)c([Si]2C3=C(C4=C(C5=C2C2CCC5CC2)C2CCC4CC2)C2CCC3CC2)c(C)c1. The zero-order valence-corrected chi connectivity index (χ0v) is 22.6. The first-order valence-electron chi connectivity index (χ1n) is 14.8. The second-order valence-electron chi connectivity index (χ2n) is 13.3. The monoisotopic (exact) mass is 465 g/mol. The molecule has 1 aromatic carbocycles. The summed E-state index contributed by atoms with van der Waals surface area (Å²) in [6, 6.07) is 5.06. The molecule has 1 radical (unpaired) electrons. The maximum atomic E-state index is 2.53. The summed E-state index contributed by atoms with van der Waals surface area (Å²) < 4.78 is 0. The van der Waals surface area contributed by atoms with Gasteiger partial charge in [-0.1, -0.05) is 39.2 Å². The van der Waals surface area contributed by atoms with Gasteiger partial charge in [-0.3, -0.25) is 0 Å². The molecule has 1 aromatic rings. The van der Waals surface area contributed by atoms with E-state index in [1.54, 1.807) is 11.1 Å². The molecule has 0 amide bonds. The highest BCUT2D eigenvalue weighted by Crippen LogP contribution is 2.63. The first-order valence-corrected chi connectivity index (χ1v) is 16.3. The zero-order valence-electron chi connectivity index (χ0n) is 21.6. The topological polar surface area (TPSA) is 0 Å². The van der Waals surface area contributed by atoms with Crippen LogP contribution in [0, 0.1) is 56.3 Å². The lowest BCUT2D eigenvalue weighted by Gasteiger charge is -2.48. The van der Waals surface area contributed by atoms with Crippen LogP contribution in [-0.2, 0) is 0 Å². The molecule has 11 rings (SSSR count). The Hall–Kier alpha value is -1.34. The van der Waals surface area contributed by atoms with Crippen LogP contribution < -0.4 is 5.19 Å². The Kier molecular flexibility index (Phi) is 4.49. The Morgan fingerprint density at radius 1 is 0.471 bits per heavy atom. The molecule has 0 nitrogen and oxygen atoms in total. The van der Waals surface area contributed by atoms with E-state index in [-0.39, 0.29) is 0 Å². The summed E-state index contributed by atoms with van der Waals surface area (Å²) in [5.74, 6) is 5.40. The van der Waals surface area contributed by atoms with Crippen LogP contribution in [0.25, 0.3) is 0 Å². The number of rotatable bonds is 1. The third-order valence-corrected chi connectivity index (χ3v) is 15.3. The van der Waals surface area contributed by atoms with Crippen molar-refractivity contribution in [3.63, 3.8) is 0 Å². The summed E-state index contributed by atoms with van der Waals surface area (Å²) in [5, 5.41) is 6.00. The van der Waals surface area contributed by atoms with E-state index >= 15 is 0 Å². The molecule has 0 saturated heterocycles. The highest BCUT2D eigenvalue weighted by molar-refractivity contribution is 6.87. The minimum absolute atomic E-state index is 0.853. The third kappa shape index (κ3) is 2.66. The Morgan fingerprint density at radius 2 is 0.794 bits per heavy atom. The van der Waals surface area contributed by atoms with Crippen LogP contribution in [0.2, 0.25) is 0 Å². The van der Waals surface area contributed by atoms with Gasteiger partial charge in [-0.25, -0.2) is 0 Å².